The van der Waals surface area contributed by atoms with Crippen molar-refractivity contribution in [1.29, 1.82) is 0 Å². The van der Waals surface area contributed by atoms with Crippen molar-refractivity contribution in [1.82, 2.24) is 10.2 Å². The number of rotatable bonds is 10. The van der Waals surface area contributed by atoms with E-state index in [1.165, 1.54) is 24.3 Å². The summed E-state index contributed by atoms with van der Waals surface area (Å²) in [6.45, 7) is 0.298. The van der Waals surface area contributed by atoms with Gasteiger partial charge in [0.2, 0.25) is 0 Å². The number of hydrogen-bond acceptors (Lipinski definition) is 7. The average Bonchev–Trinajstić information content (AvgIpc) is 3.14. The minimum atomic E-state index is -3.33. The number of ether oxygens (including phenoxy) is 1. The van der Waals surface area contributed by atoms with Crippen molar-refractivity contribution in [2.45, 2.75) is 17.9 Å². The van der Waals surface area contributed by atoms with Crippen LogP contribution in [0.3, 0.4) is 0 Å². The lowest BCUT2D eigenvalue weighted by atomic mass is 9.99. The normalized spacial score (nSPS) is 11.4. The minimum Gasteiger partial charge on any atom is -0.375 e. The maximum absolute atomic E-state index is 13.4. The lowest BCUT2D eigenvalue weighted by molar-refractivity contribution is -0.757. The predicted molar refractivity (Wildman–Crippen MR) is 110 cm³/mol. The maximum atomic E-state index is 13.4. The second-order valence-electron chi connectivity index (χ2n) is 6.69. The summed E-state index contributed by atoms with van der Waals surface area (Å²) >= 11 is 0. The van der Waals surface area contributed by atoms with Gasteiger partial charge in [-0.3, -0.25) is 5.10 Å². The van der Waals surface area contributed by atoms with Gasteiger partial charge in [-0.1, -0.05) is 24.3 Å². The number of halogens is 1. The number of nitrogens with one attached hydrogen (secondary N) is 1. The molecule has 9 nitrogen and oxygen atoms in total. The third-order valence-electron chi connectivity index (χ3n) is 4.41. The van der Waals surface area contributed by atoms with Crippen LogP contribution < -0.4 is 0 Å². The van der Waals surface area contributed by atoms with Gasteiger partial charge in [-0.15, -0.1) is 10.1 Å². The molecule has 0 aliphatic heterocycles. The molecule has 31 heavy (non-hydrogen) atoms. The van der Waals surface area contributed by atoms with E-state index in [1.807, 2.05) is 0 Å². The molecule has 2 aromatic carbocycles. The van der Waals surface area contributed by atoms with Crippen LogP contribution in [0.4, 0.5) is 4.39 Å². The molecule has 1 N–H and O–H groups in total. The number of sulfone groups is 1. The fourth-order valence-electron chi connectivity index (χ4n) is 2.95. The molecule has 0 spiro atoms. The highest BCUT2D eigenvalue weighted by Gasteiger charge is 2.18. The van der Waals surface area contributed by atoms with Crippen LogP contribution in [0, 0.1) is 15.9 Å². The van der Waals surface area contributed by atoms with Crippen molar-refractivity contribution < 1.29 is 27.5 Å². The quantitative estimate of drug-likeness (QED) is 0.286. The lowest BCUT2D eigenvalue weighted by Crippen LogP contribution is -2.05. The molecule has 164 valence electrons. The third-order valence-corrected chi connectivity index (χ3v) is 5.53. The Kier molecular flexibility index (Phi) is 6.98. The highest BCUT2D eigenvalue weighted by Crippen LogP contribution is 2.34. The standard InChI is InChI=1S/C20H20FN3O6S/c1-31(27,28)17-9-5-15(6-10-17)20-19(14-3-7-16(21)8-4-14)18(22-23-20)13-29-11-2-12-30-24(25)26/h3-10H,2,11-13H2,1H3,(H,22,23). The van der Waals surface area contributed by atoms with Gasteiger partial charge in [-0.2, -0.15) is 5.10 Å². The molecule has 0 atom stereocenters. The van der Waals surface area contributed by atoms with Crippen molar-refractivity contribution >= 4 is 9.84 Å². The number of benzene rings is 2. The van der Waals surface area contributed by atoms with Crippen LogP contribution >= 0.6 is 0 Å². The first-order valence-electron chi connectivity index (χ1n) is 9.24. The van der Waals surface area contributed by atoms with E-state index >= 15 is 0 Å². The van der Waals surface area contributed by atoms with Gasteiger partial charge in [0.15, 0.2) is 9.84 Å². The van der Waals surface area contributed by atoms with E-state index in [-0.39, 0.29) is 30.5 Å². The summed E-state index contributed by atoms with van der Waals surface area (Å²) in [5.74, 6) is -0.380. The molecule has 0 amide bonds. The van der Waals surface area contributed by atoms with Gasteiger partial charge in [0.05, 0.1) is 23.8 Å². The van der Waals surface area contributed by atoms with Gasteiger partial charge < -0.3 is 9.57 Å². The highest BCUT2D eigenvalue weighted by molar-refractivity contribution is 7.90. The maximum Gasteiger partial charge on any atom is 0.294 e. The fraction of sp³-hybridized carbons (Fsp3) is 0.250. The van der Waals surface area contributed by atoms with Crippen LogP contribution in [-0.2, 0) is 26.0 Å². The first kappa shape index (κ1) is 22.4. The zero-order chi connectivity index (χ0) is 22.4. The smallest absolute Gasteiger partial charge is 0.294 e. The van der Waals surface area contributed by atoms with Crippen LogP contribution in [-0.4, -0.2) is 43.2 Å². The first-order valence-corrected chi connectivity index (χ1v) is 11.1. The zero-order valence-electron chi connectivity index (χ0n) is 16.6. The molecule has 3 aromatic rings. The van der Waals surface area contributed by atoms with Crippen molar-refractivity contribution in [3.8, 4) is 22.4 Å². The van der Waals surface area contributed by atoms with Crippen LogP contribution in [0.1, 0.15) is 12.1 Å². The van der Waals surface area contributed by atoms with E-state index in [0.717, 1.165) is 6.26 Å². The van der Waals surface area contributed by atoms with E-state index in [0.29, 0.717) is 34.5 Å². The lowest BCUT2D eigenvalue weighted by Gasteiger charge is -2.08. The number of hydrogen-bond donors (Lipinski definition) is 1. The topological polar surface area (TPSA) is 124 Å². The van der Waals surface area contributed by atoms with Crippen molar-refractivity contribution in [2.75, 3.05) is 19.5 Å². The molecule has 0 bridgehead atoms. The monoisotopic (exact) mass is 449 g/mol. The van der Waals surface area contributed by atoms with Crippen LogP contribution in [0.15, 0.2) is 53.4 Å². The molecule has 0 unspecified atom stereocenters. The Balaban J connectivity index is 1.86. The summed E-state index contributed by atoms with van der Waals surface area (Å²) in [5, 5.41) is 16.6. The van der Waals surface area contributed by atoms with Crippen molar-refractivity contribution in [3.63, 3.8) is 0 Å². The molecule has 1 heterocycles. The van der Waals surface area contributed by atoms with Gasteiger partial charge in [-0.25, -0.2) is 12.8 Å². The van der Waals surface area contributed by atoms with Gasteiger partial charge in [0.1, 0.15) is 11.5 Å². The summed E-state index contributed by atoms with van der Waals surface area (Å²) < 4.78 is 42.4. The van der Waals surface area contributed by atoms with Crippen LogP contribution in [0.5, 0.6) is 0 Å². The van der Waals surface area contributed by atoms with Crippen LogP contribution in [0.2, 0.25) is 0 Å². The molecule has 1 aromatic heterocycles. The van der Waals surface area contributed by atoms with Crippen molar-refractivity contribution in [2.24, 2.45) is 0 Å². The molecule has 0 saturated heterocycles. The van der Waals surface area contributed by atoms with E-state index in [2.05, 4.69) is 15.0 Å². The third kappa shape index (κ3) is 5.86. The van der Waals surface area contributed by atoms with Gasteiger partial charge in [0.25, 0.3) is 5.09 Å². The summed E-state index contributed by atoms with van der Waals surface area (Å²) in [4.78, 5) is 14.6. The molecular weight excluding hydrogens is 429 g/mol. The Morgan fingerprint density at radius 3 is 2.32 bits per heavy atom. The summed E-state index contributed by atoms with van der Waals surface area (Å²) in [5.41, 5.74) is 3.25. The van der Waals surface area contributed by atoms with Gasteiger partial charge >= 0.3 is 0 Å². The Morgan fingerprint density at radius 2 is 1.71 bits per heavy atom. The molecule has 0 radical (unpaired) electrons. The number of aromatic amines is 1. The summed E-state index contributed by atoms with van der Waals surface area (Å²) in [6, 6.07) is 12.2. The Morgan fingerprint density at radius 1 is 1.06 bits per heavy atom. The van der Waals surface area contributed by atoms with Gasteiger partial charge in [-0.05, 0) is 36.2 Å². The fourth-order valence-corrected chi connectivity index (χ4v) is 3.58. The number of aromatic nitrogens is 2. The molecule has 11 heteroatoms. The summed E-state index contributed by atoms with van der Waals surface area (Å²) in [7, 11) is -3.33. The summed E-state index contributed by atoms with van der Waals surface area (Å²) in [6.07, 6.45) is 1.47. The van der Waals surface area contributed by atoms with Gasteiger partial charge in [0, 0.05) is 24.0 Å². The molecule has 3 rings (SSSR count). The number of H-pyrrole nitrogens is 1. The molecule has 0 fully saturated rings. The Labute approximate surface area is 177 Å². The average molecular weight is 449 g/mol. The SMILES string of the molecule is CS(=O)(=O)c1ccc(-c2n[nH]c(COCCCO[N+](=O)[O-])c2-c2ccc(F)cc2)cc1. The second-order valence-corrected chi connectivity index (χ2v) is 8.71. The van der Waals surface area contributed by atoms with E-state index in [9.17, 15) is 22.9 Å². The minimum absolute atomic E-state index is 0.0707. The van der Waals surface area contributed by atoms with Crippen molar-refractivity contribution in [3.05, 3.63) is 70.2 Å². The molecule has 0 aliphatic rings. The van der Waals surface area contributed by atoms with Crippen LogP contribution in [0.25, 0.3) is 22.4 Å². The Hall–Kier alpha value is -3.31. The second kappa shape index (κ2) is 9.67. The first-order chi connectivity index (χ1) is 14.8. The van der Waals surface area contributed by atoms with E-state index < -0.39 is 14.9 Å². The highest BCUT2D eigenvalue weighted by atomic mass is 32.2. The molecular formula is C20H20FN3O6S. The number of nitrogens with zero attached hydrogens (tertiary/aromatic N) is 2. The largest absolute Gasteiger partial charge is 0.375 e. The molecule has 0 aliphatic carbocycles. The zero-order valence-corrected chi connectivity index (χ0v) is 17.4. The Bertz CT molecular complexity index is 1140. The molecule has 0 saturated carbocycles. The van der Waals surface area contributed by atoms with E-state index in [4.69, 9.17) is 4.74 Å². The predicted octanol–water partition coefficient (Wildman–Crippen LogP) is 3.40. The van der Waals surface area contributed by atoms with E-state index in [1.54, 1.807) is 24.3 Å².